The Labute approximate surface area is 133 Å². The molecule has 0 aliphatic rings. The van der Waals surface area contributed by atoms with E-state index in [-0.39, 0.29) is 6.10 Å². The predicted molar refractivity (Wildman–Crippen MR) is 87.6 cm³/mol. The van der Waals surface area contributed by atoms with Gasteiger partial charge in [0.2, 0.25) is 0 Å². The van der Waals surface area contributed by atoms with Gasteiger partial charge in [0.25, 0.3) is 0 Å². The largest absolute Gasteiger partial charge is 0.489 e. The van der Waals surface area contributed by atoms with Crippen molar-refractivity contribution in [2.24, 2.45) is 0 Å². The molecule has 0 unspecified atom stereocenters. The van der Waals surface area contributed by atoms with Crippen molar-refractivity contribution in [2.45, 2.75) is 26.9 Å². The van der Waals surface area contributed by atoms with Crippen LogP contribution in [-0.4, -0.2) is 11.1 Å². The number of aromatic nitrogens is 1. The van der Waals surface area contributed by atoms with Crippen LogP contribution >= 0.6 is 22.9 Å². The number of aryl methyl sites for hydroxylation is 1. The molecule has 0 saturated carbocycles. The molecule has 0 fully saturated rings. The molecule has 5 heteroatoms. The second-order valence-corrected chi connectivity index (χ2v) is 6.09. The van der Waals surface area contributed by atoms with Gasteiger partial charge in [-0.05, 0) is 44.5 Å². The molecular formula is C16H15ClN2OS. The van der Waals surface area contributed by atoms with E-state index in [0.717, 1.165) is 11.3 Å². The standard InChI is InChI=1S/C16H15ClN2OS/c1-10(2)20-15-5-4-12(7-14(15)17)6-13(8-18)16-19-11(3)9-21-16/h4-7,9-10H,1-3H3/b13-6-. The number of ether oxygens (including phenoxy) is 1. The maximum atomic E-state index is 9.28. The number of allylic oxidation sites excluding steroid dienone is 1. The molecule has 0 atom stereocenters. The van der Waals surface area contributed by atoms with Gasteiger partial charge in [0.1, 0.15) is 16.8 Å². The number of nitrogens with zero attached hydrogens (tertiary/aromatic N) is 2. The molecular weight excluding hydrogens is 304 g/mol. The van der Waals surface area contributed by atoms with Gasteiger partial charge in [-0.3, -0.25) is 0 Å². The Morgan fingerprint density at radius 1 is 1.48 bits per heavy atom. The normalized spacial score (nSPS) is 11.5. The minimum atomic E-state index is 0.0665. The maximum Gasteiger partial charge on any atom is 0.138 e. The lowest BCUT2D eigenvalue weighted by Crippen LogP contribution is -2.05. The van der Waals surface area contributed by atoms with E-state index in [1.807, 2.05) is 38.3 Å². The Bertz CT molecular complexity index is 713. The maximum absolute atomic E-state index is 9.28. The zero-order chi connectivity index (χ0) is 15.4. The van der Waals surface area contributed by atoms with Crippen LogP contribution in [0.3, 0.4) is 0 Å². The van der Waals surface area contributed by atoms with Crippen molar-refractivity contribution < 1.29 is 4.74 Å². The zero-order valence-corrected chi connectivity index (χ0v) is 13.6. The first-order valence-electron chi connectivity index (χ1n) is 6.50. The Hall–Kier alpha value is -1.83. The Balaban J connectivity index is 2.31. The van der Waals surface area contributed by atoms with Crippen LogP contribution in [0.15, 0.2) is 23.6 Å². The third-order valence-corrected chi connectivity index (χ3v) is 3.89. The van der Waals surface area contributed by atoms with Gasteiger partial charge in [-0.1, -0.05) is 17.7 Å². The van der Waals surface area contributed by atoms with E-state index < -0.39 is 0 Å². The van der Waals surface area contributed by atoms with E-state index in [4.69, 9.17) is 16.3 Å². The first kappa shape index (κ1) is 15.6. The highest BCUT2D eigenvalue weighted by Crippen LogP contribution is 2.28. The lowest BCUT2D eigenvalue weighted by atomic mass is 10.1. The summed E-state index contributed by atoms with van der Waals surface area (Å²) in [7, 11) is 0. The van der Waals surface area contributed by atoms with Gasteiger partial charge in [0.05, 0.1) is 16.7 Å². The molecule has 3 nitrogen and oxygen atoms in total. The molecule has 0 spiro atoms. The molecule has 0 N–H and O–H groups in total. The van der Waals surface area contributed by atoms with Crippen LogP contribution < -0.4 is 4.74 Å². The third kappa shape index (κ3) is 4.07. The van der Waals surface area contributed by atoms with E-state index in [0.29, 0.717) is 21.4 Å². The van der Waals surface area contributed by atoms with E-state index in [9.17, 15) is 5.26 Å². The highest BCUT2D eigenvalue weighted by molar-refractivity contribution is 7.11. The second-order valence-electron chi connectivity index (χ2n) is 4.82. The summed E-state index contributed by atoms with van der Waals surface area (Å²) in [5, 5.41) is 12.5. The van der Waals surface area contributed by atoms with Gasteiger partial charge < -0.3 is 4.74 Å². The average molecular weight is 319 g/mol. The molecule has 0 aliphatic carbocycles. The predicted octanol–water partition coefficient (Wildman–Crippen LogP) is 4.96. The number of rotatable bonds is 4. The first-order valence-corrected chi connectivity index (χ1v) is 7.76. The Kier molecular flexibility index (Phi) is 5.00. The molecule has 1 heterocycles. The summed E-state index contributed by atoms with van der Waals surface area (Å²) < 4.78 is 5.59. The zero-order valence-electron chi connectivity index (χ0n) is 12.1. The summed E-state index contributed by atoms with van der Waals surface area (Å²) in [6, 6.07) is 7.66. The minimum absolute atomic E-state index is 0.0665. The summed E-state index contributed by atoms with van der Waals surface area (Å²) in [6.07, 6.45) is 1.85. The lowest BCUT2D eigenvalue weighted by molar-refractivity contribution is 0.242. The lowest BCUT2D eigenvalue weighted by Gasteiger charge is -2.11. The molecule has 0 radical (unpaired) electrons. The fourth-order valence-electron chi connectivity index (χ4n) is 1.74. The molecule has 0 aliphatic heterocycles. The number of hydrogen-bond acceptors (Lipinski definition) is 4. The van der Waals surface area contributed by atoms with Crippen molar-refractivity contribution in [3.05, 3.63) is 44.9 Å². The number of benzene rings is 1. The molecule has 2 aromatic rings. The highest BCUT2D eigenvalue weighted by atomic mass is 35.5. The monoisotopic (exact) mass is 318 g/mol. The molecule has 0 amide bonds. The summed E-state index contributed by atoms with van der Waals surface area (Å²) in [6.45, 7) is 5.80. The topological polar surface area (TPSA) is 45.9 Å². The third-order valence-electron chi connectivity index (χ3n) is 2.60. The van der Waals surface area contributed by atoms with Crippen LogP contribution in [0.25, 0.3) is 11.6 Å². The van der Waals surface area contributed by atoms with Crippen LogP contribution in [0.5, 0.6) is 5.75 Å². The summed E-state index contributed by atoms with van der Waals surface area (Å²) in [5.74, 6) is 0.646. The minimum Gasteiger partial charge on any atom is -0.489 e. The van der Waals surface area contributed by atoms with Crippen molar-refractivity contribution in [1.29, 1.82) is 5.26 Å². The number of hydrogen-bond donors (Lipinski definition) is 0. The van der Waals surface area contributed by atoms with E-state index in [2.05, 4.69) is 11.1 Å². The smallest absolute Gasteiger partial charge is 0.138 e. The van der Waals surface area contributed by atoms with Crippen LogP contribution in [0.1, 0.15) is 30.1 Å². The summed E-state index contributed by atoms with van der Waals surface area (Å²) >= 11 is 7.66. The molecule has 1 aromatic carbocycles. The van der Waals surface area contributed by atoms with Gasteiger partial charge in [0.15, 0.2) is 0 Å². The van der Waals surface area contributed by atoms with Crippen molar-refractivity contribution in [2.75, 3.05) is 0 Å². The molecule has 21 heavy (non-hydrogen) atoms. The van der Waals surface area contributed by atoms with E-state index in [1.165, 1.54) is 11.3 Å². The van der Waals surface area contributed by atoms with Gasteiger partial charge in [-0.2, -0.15) is 5.26 Å². The molecule has 2 rings (SSSR count). The van der Waals surface area contributed by atoms with Crippen molar-refractivity contribution in [1.82, 2.24) is 4.98 Å². The Morgan fingerprint density at radius 3 is 2.76 bits per heavy atom. The SMILES string of the molecule is Cc1csc(/C(C#N)=C\c2ccc(OC(C)C)c(Cl)c2)n1. The van der Waals surface area contributed by atoms with Crippen LogP contribution in [-0.2, 0) is 0 Å². The van der Waals surface area contributed by atoms with Gasteiger partial charge in [0, 0.05) is 11.1 Å². The quantitative estimate of drug-likeness (QED) is 0.749. The van der Waals surface area contributed by atoms with Crippen LogP contribution in [0.4, 0.5) is 0 Å². The second kappa shape index (κ2) is 6.75. The summed E-state index contributed by atoms with van der Waals surface area (Å²) in [5.41, 5.74) is 2.29. The molecule has 108 valence electrons. The first-order chi connectivity index (χ1) is 9.99. The average Bonchev–Trinajstić information content (AvgIpc) is 2.85. The number of halogens is 1. The van der Waals surface area contributed by atoms with Gasteiger partial charge >= 0.3 is 0 Å². The Morgan fingerprint density at radius 2 is 2.24 bits per heavy atom. The van der Waals surface area contributed by atoms with E-state index in [1.54, 1.807) is 12.1 Å². The highest BCUT2D eigenvalue weighted by Gasteiger charge is 2.08. The van der Waals surface area contributed by atoms with Gasteiger partial charge in [-0.25, -0.2) is 4.98 Å². The fraction of sp³-hybridized carbons (Fsp3) is 0.250. The molecule has 1 aromatic heterocycles. The van der Waals surface area contributed by atoms with Crippen molar-refractivity contribution in [3.8, 4) is 11.8 Å². The van der Waals surface area contributed by atoms with Gasteiger partial charge in [-0.15, -0.1) is 11.3 Å². The molecule has 0 saturated heterocycles. The number of nitriles is 1. The summed E-state index contributed by atoms with van der Waals surface area (Å²) in [4.78, 5) is 4.33. The van der Waals surface area contributed by atoms with E-state index >= 15 is 0 Å². The molecule has 0 bridgehead atoms. The number of thiazole rings is 1. The van der Waals surface area contributed by atoms with Crippen LogP contribution in [0, 0.1) is 18.3 Å². The van der Waals surface area contributed by atoms with Crippen molar-refractivity contribution >= 4 is 34.6 Å². The van der Waals surface area contributed by atoms with Crippen molar-refractivity contribution in [3.63, 3.8) is 0 Å². The van der Waals surface area contributed by atoms with Crippen LogP contribution in [0.2, 0.25) is 5.02 Å². The fourth-order valence-corrected chi connectivity index (χ4v) is 2.74.